The second-order valence-corrected chi connectivity index (χ2v) is 4.59. The van der Waals surface area contributed by atoms with Crippen molar-refractivity contribution < 1.29 is 27.5 Å². The van der Waals surface area contributed by atoms with Crippen molar-refractivity contribution in [3.05, 3.63) is 34.9 Å². The summed E-state index contributed by atoms with van der Waals surface area (Å²) in [4.78, 5) is 23.1. The number of carbonyl (C=O) groups is 2. The van der Waals surface area contributed by atoms with Crippen LogP contribution in [0.3, 0.4) is 0 Å². The molecule has 0 bridgehead atoms. The Hall–Kier alpha value is -1.80. The molecule has 0 unspecified atom stereocenters. The maximum Gasteiger partial charge on any atom is 0.411 e. The maximum atomic E-state index is 11.8. The number of amides is 2. The summed E-state index contributed by atoms with van der Waals surface area (Å²) in [7, 11) is 0. The number of hydrogen-bond acceptors (Lipinski definition) is 3. The molecule has 2 amide bonds. The molecule has 0 spiro atoms. The molecule has 5 nitrogen and oxygen atoms in total. The van der Waals surface area contributed by atoms with Gasteiger partial charge in [0.05, 0.1) is 23.7 Å². The highest BCUT2D eigenvalue weighted by Gasteiger charge is 2.27. The Morgan fingerprint density at radius 2 is 1.86 bits per heavy atom. The normalized spacial score (nSPS) is 11.1. The Labute approximate surface area is 129 Å². The zero-order valence-corrected chi connectivity index (χ0v) is 12.1. The number of carbonyl (C=O) groups excluding carboxylic acids is 2. The van der Waals surface area contributed by atoms with Crippen molar-refractivity contribution in [3.63, 3.8) is 0 Å². The summed E-state index contributed by atoms with van der Waals surface area (Å²) < 4.78 is 39.6. The van der Waals surface area contributed by atoms with Crippen LogP contribution in [0.1, 0.15) is 10.4 Å². The van der Waals surface area contributed by atoms with E-state index >= 15 is 0 Å². The molecule has 0 aliphatic heterocycles. The number of alkyl halides is 3. The van der Waals surface area contributed by atoms with E-state index in [9.17, 15) is 22.8 Å². The number of halogens is 4. The molecule has 9 heteroatoms. The highest BCUT2D eigenvalue weighted by molar-refractivity contribution is 6.33. The Bertz CT molecular complexity index is 523. The molecule has 2 N–H and O–H groups in total. The van der Waals surface area contributed by atoms with E-state index in [0.29, 0.717) is 0 Å². The Kier molecular flexibility index (Phi) is 7.13. The molecule has 0 aliphatic rings. The van der Waals surface area contributed by atoms with Gasteiger partial charge in [-0.2, -0.15) is 13.2 Å². The molecule has 0 saturated carbocycles. The number of benzene rings is 1. The van der Waals surface area contributed by atoms with Crippen LogP contribution in [0, 0.1) is 0 Å². The first-order valence-corrected chi connectivity index (χ1v) is 6.61. The first-order valence-electron chi connectivity index (χ1n) is 6.23. The zero-order chi connectivity index (χ0) is 16.6. The number of ether oxygens (including phenoxy) is 1. The molecule has 1 rings (SSSR count). The van der Waals surface area contributed by atoms with Crippen molar-refractivity contribution in [2.75, 3.05) is 26.3 Å². The quantitative estimate of drug-likeness (QED) is 0.745. The number of rotatable bonds is 7. The lowest BCUT2D eigenvalue weighted by atomic mass is 10.2. The molecule has 0 atom stereocenters. The molecule has 122 valence electrons. The van der Waals surface area contributed by atoms with E-state index < -0.39 is 24.6 Å². The van der Waals surface area contributed by atoms with Crippen LogP contribution in [0.5, 0.6) is 0 Å². The van der Waals surface area contributed by atoms with Gasteiger partial charge in [-0.3, -0.25) is 9.59 Å². The summed E-state index contributed by atoms with van der Waals surface area (Å²) in [5.74, 6) is -1.06. The van der Waals surface area contributed by atoms with Crippen LogP contribution >= 0.6 is 11.6 Å². The van der Waals surface area contributed by atoms with Gasteiger partial charge in [0.1, 0.15) is 6.61 Å². The topological polar surface area (TPSA) is 67.4 Å². The fourth-order valence-electron chi connectivity index (χ4n) is 1.41. The van der Waals surface area contributed by atoms with Crippen molar-refractivity contribution >= 4 is 23.4 Å². The second-order valence-electron chi connectivity index (χ2n) is 4.18. The number of hydrogen-bond donors (Lipinski definition) is 2. The summed E-state index contributed by atoms with van der Waals surface area (Å²) in [6.45, 7) is -2.05. The minimum Gasteiger partial charge on any atom is -0.370 e. The van der Waals surface area contributed by atoms with Crippen LogP contribution in [-0.4, -0.2) is 44.3 Å². The molecule has 0 aromatic heterocycles. The van der Waals surface area contributed by atoms with Crippen LogP contribution in [0.15, 0.2) is 24.3 Å². The molecule has 0 aliphatic carbocycles. The predicted molar refractivity (Wildman–Crippen MR) is 73.7 cm³/mol. The van der Waals surface area contributed by atoms with Gasteiger partial charge >= 0.3 is 6.18 Å². The largest absolute Gasteiger partial charge is 0.411 e. The molecule has 0 radical (unpaired) electrons. The Balaban J connectivity index is 2.21. The van der Waals surface area contributed by atoms with E-state index in [1.165, 1.54) is 12.1 Å². The van der Waals surface area contributed by atoms with Gasteiger partial charge in [-0.15, -0.1) is 0 Å². The second kappa shape index (κ2) is 8.60. The van der Waals surface area contributed by atoms with Crippen LogP contribution in [0.2, 0.25) is 5.02 Å². The van der Waals surface area contributed by atoms with E-state index in [1.54, 1.807) is 12.1 Å². The average molecular weight is 339 g/mol. The Morgan fingerprint density at radius 3 is 2.50 bits per heavy atom. The fraction of sp³-hybridized carbons (Fsp3) is 0.385. The van der Waals surface area contributed by atoms with Crippen LogP contribution < -0.4 is 10.6 Å². The average Bonchev–Trinajstić information content (AvgIpc) is 2.43. The van der Waals surface area contributed by atoms with Gasteiger partial charge in [0.15, 0.2) is 0 Å². The van der Waals surface area contributed by atoms with Gasteiger partial charge in [0.2, 0.25) is 5.91 Å². The summed E-state index contributed by atoms with van der Waals surface area (Å²) in [6.07, 6.45) is -4.40. The van der Waals surface area contributed by atoms with Crippen molar-refractivity contribution in [1.29, 1.82) is 0 Å². The van der Waals surface area contributed by atoms with E-state index in [0.717, 1.165) is 0 Å². The molecule has 0 fully saturated rings. The van der Waals surface area contributed by atoms with E-state index in [-0.39, 0.29) is 30.3 Å². The summed E-state index contributed by atoms with van der Waals surface area (Å²) in [5, 5.41) is 4.91. The molecular weight excluding hydrogens is 325 g/mol. The highest BCUT2D eigenvalue weighted by atomic mass is 35.5. The predicted octanol–water partition coefficient (Wildman–Crippen LogP) is 1.76. The molecule has 1 aromatic rings. The fourth-order valence-corrected chi connectivity index (χ4v) is 1.64. The SMILES string of the molecule is O=C(CNC(=O)c1ccccc1Cl)NCCOCC(F)(F)F. The molecule has 1 aromatic carbocycles. The van der Waals surface area contributed by atoms with Crippen molar-refractivity contribution in [2.45, 2.75) is 6.18 Å². The lowest BCUT2D eigenvalue weighted by Gasteiger charge is -2.09. The Morgan fingerprint density at radius 1 is 1.18 bits per heavy atom. The highest BCUT2D eigenvalue weighted by Crippen LogP contribution is 2.14. The third-order valence-corrected chi connectivity index (χ3v) is 2.69. The van der Waals surface area contributed by atoms with Crippen LogP contribution in [0.4, 0.5) is 13.2 Å². The minimum absolute atomic E-state index is 0.0864. The summed E-state index contributed by atoms with van der Waals surface area (Å²) >= 11 is 5.82. The summed E-state index contributed by atoms with van der Waals surface area (Å²) in [5.41, 5.74) is 0.227. The van der Waals surface area contributed by atoms with E-state index in [2.05, 4.69) is 15.4 Å². The van der Waals surface area contributed by atoms with E-state index in [4.69, 9.17) is 11.6 Å². The van der Waals surface area contributed by atoms with Crippen molar-refractivity contribution in [2.24, 2.45) is 0 Å². The van der Waals surface area contributed by atoms with E-state index in [1.807, 2.05) is 0 Å². The monoisotopic (exact) mass is 338 g/mol. The third kappa shape index (κ3) is 7.28. The molecule has 0 heterocycles. The lowest BCUT2D eigenvalue weighted by Crippen LogP contribution is -2.38. The van der Waals surface area contributed by atoms with Gasteiger partial charge in [-0.25, -0.2) is 0 Å². The lowest BCUT2D eigenvalue weighted by molar-refractivity contribution is -0.173. The first-order chi connectivity index (χ1) is 10.3. The smallest absolute Gasteiger partial charge is 0.370 e. The maximum absolute atomic E-state index is 11.8. The van der Waals surface area contributed by atoms with Crippen LogP contribution in [-0.2, 0) is 9.53 Å². The zero-order valence-electron chi connectivity index (χ0n) is 11.4. The van der Waals surface area contributed by atoms with Crippen LogP contribution in [0.25, 0.3) is 0 Å². The van der Waals surface area contributed by atoms with Gasteiger partial charge in [0, 0.05) is 6.54 Å². The van der Waals surface area contributed by atoms with Crippen molar-refractivity contribution in [1.82, 2.24) is 10.6 Å². The number of nitrogens with one attached hydrogen (secondary N) is 2. The molecule has 22 heavy (non-hydrogen) atoms. The standard InChI is InChI=1S/C13H14ClF3N2O3/c14-10-4-2-1-3-9(10)12(21)19-7-11(20)18-5-6-22-8-13(15,16)17/h1-4H,5-8H2,(H,18,20)(H,19,21). The summed E-state index contributed by atoms with van der Waals surface area (Å²) in [6, 6.07) is 6.32. The molecular formula is C13H14ClF3N2O3. The first kappa shape index (κ1) is 18.2. The third-order valence-electron chi connectivity index (χ3n) is 2.36. The van der Waals surface area contributed by atoms with Gasteiger partial charge < -0.3 is 15.4 Å². The molecule has 0 saturated heterocycles. The minimum atomic E-state index is -4.40. The van der Waals surface area contributed by atoms with Crippen molar-refractivity contribution in [3.8, 4) is 0 Å². The van der Waals surface area contributed by atoms with Gasteiger partial charge in [-0.1, -0.05) is 23.7 Å². The van der Waals surface area contributed by atoms with Gasteiger partial charge in [-0.05, 0) is 12.1 Å². The van der Waals surface area contributed by atoms with Gasteiger partial charge in [0.25, 0.3) is 5.91 Å².